The molecule has 0 saturated heterocycles. The normalized spacial score (nSPS) is 13.2. The van der Waals surface area contributed by atoms with Gasteiger partial charge in [-0.15, -0.1) is 0 Å². The van der Waals surface area contributed by atoms with E-state index in [1.54, 1.807) is 0 Å². The van der Waals surface area contributed by atoms with E-state index >= 15 is 0 Å². The van der Waals surface area contributed by atoms with Gasteiger partial charge in [-0.25, -0.2) is 4.79 Å². The number of nitrogens with zero attached hydrogens (tertiary/aromatic N) is 1. The fourth-order valence-electron chi connectivity index (χ4n) is 5.63. The fraction of sp³-hybridized carbons (Fsp3) is 0.837. The first-order chi connectivity index (χ1) is 25.1. The van der Waals surface area contributed by atoms with Gasteiger partial charge in [-0.3, -0.25) is 9.59 Å². The van der Waals surface area contributed by atoms with E-state index in [-0.39, 0.29) is 32.2 Å². The number of ether oxygens (including phenoxy) is 4. The highest BCUT2D eigenvalue weighted by Gasteiger charge is 2.25. The van der Waals surface area contributed by atoms with Crippen LogP contribution in [0.5, 0.6) is 0 Å². The molecule has 0 aromatic rings. The van der Waals surface area contributed by atoms with Gasteiger partial charge in [0.25, 0.3) is 6.29 Å². The number of rotatable bonds is 38. The summed E-state index contributed by atoms with van der Waals surface area (Å²) in [5.41, 5.74) is 0. The number of likely N-dealkylation sites (N-methyl/N-ethyl adjacent to an activating group) is 1. The van der Waals surface area contributed by atoms with Gasteiger partial charge in [0.1, 0.15) is 13.2 Å². The van der Waals surface area contributed by atoms with E-state index < -0.39 is 24.3 Å². The van der Waals surface area contributed by atoms with Crippen LogP contribution in [0, 0.1) is 0 Å². The lowest BCUT2D eigenvalue weighted by Gasteiger charge is -2.25. The molecule has 0 heterocycles. The molecule has 0 bridgehead atoms. The number of unbranched alkanes of at least 4 members (excludes halogenated alkanes) is 19. The van der Waals surface area contributed by atoms with Crippen molar-refractivity contribution in [2.45, 2.75) is 187 Å². The number of hydrogen-bond acceptors (Lipinski definition) is 7. The third kappa shape index (κ3) is 36.1. The SMILES string of the molecule is CCCCCCC/C=C\C/C=C\CCCCCCCCCCCC(=O)OC(COC(=O)CCCCCCCC)COC(OCC[N+](C)(C)C)C(=O)O. The Morgan fingerprint density at radius 3 is 1.52 bits per heavy atom. The molecule has 1 N–H and O–H groups in total. The molecule has 0 radical (unpaired) electrons. The Morgan fingerprint density at radius 1 is 0.577 bits per heavy atom. The van der Waals surface area contributed by atoms with Crippen LogP contribution in [-0.4, -0.2) is 87.4 Å². The molecule has 0 fully saturated rings. The Bertz CT molecular complexity index is 913. The van der Waals surface area contributed by atoms with E-state index in [4.69, 9.17) is 18.9 Å². The van der Waals surface area contributed by atoms with E-state index in [2.05, 4.69) is 38.2 Å². The second kappa shape index (κ2) is 35.8. The summed E-state index contributed by atoms with van der Waals surface area (Å²) in [5.74, 6) is -2.02. The van der Waals surface area contributed by atoms with E-state index in [0.717, 1.165) is 51.4 Å². The van der Waals surface area contributed by atoms with Crippen LogP contribution in [0.1, 0.15) is 174 Å². The van der Waals surface area contributed by atoms with Crippen molar-refractivity contribution < 1.29 is 42.9 Å². The molecule has 2 atom stereocenters. The van der Waals surface area contributed by atoms with Crippen LogP contribution in [0.4, 0.5) is 0 Å². The number of aliphatic carboxylic acids is 1. The van der Waals surface area contributed by atoms with Crippen molar-refractivity contribution in [1.29, 1.82) is 0 Å². The van der Waals surface area contributed by atoms with Crippen LogP contribution in [0.3, 0.4) is 0 Å². The van der Waals surface area contributed by atoms with Crippen LogP contribution in [0.25, 0.3) is 0 Å². The van der Waals surface area contributed by atoms with E-state index in [1.807, 2.05) is 21.1 Å². The van der Waals surface area contributed by atoms with Crippen molar-refractivity contribution in [3.8, 4) is 0 Å². The van der Waals surface area contributed by atoms with Gasteiger partial charge in [-0.05, 0) is 44.9 Å². The Kier molecular flexibility index (Phi) is 34.2. The second-order valence-corrected chi connectivity index (χ2v) is 15.3. The van der Waals surface area contributed by atoms with E-state index in [1.165, 1.54) is 96.3 Å². The molecule has 0 aliphatic rings. The molecule has 0 rings (SSSR count). The van der Waals surface area contributed by atoms with Crippen molar-refractivity contribution in [3.05, 3.63) is 24.3 Å². The average molecular weight is 739 g/mol. The second-order valence-electron chi connectivity index (χ2n) is 15.3. The van der Waals surface area contributed by atoms with Crippen molar-refractivity contribution in [3.63, 3.8) is 0 Å². The summed E-state index contributed by atoms with van der Waals surface area (Å²) in [5, 5.41) is 9.57. The Hall–Kier alpha value is -2.23. The van der Waals surface area contributed by atoms with Crippen LogP contribution in [0.15, 0.2) is 24.3 Å². The minimum atomic E-state index is -1.50. The standard InChI is InChI=1S/C43H79NO8/c1-6-8-10-12-14-15-16-17-18-19-20-21-22-23-24-25-26-27-28-30-32-34-41(46)52-39(37-50-40(45)33-31-29-13-11-9-7-2)38-51-43(42(47)48)49-36-35-44(3,4)5/h16-17,19-20,39,43H,6-15,18,21-38H2,1-5H3/p+1/b17-16-,20-19-. The number of carbonyl (C=O) groups excluding carboxylic acids is 2. The molecule has 0 aromatic heterocycles. The number of hydrogen-bond donors (Lipinski definition) is 1. The average Bonchev–Trinajstić information content (AvgIpc) is 3.10. The molecule has 0 aromatic carbocycles. The molecule has 9 heteroatoms. The van der Waals surface area contributed by atoms with Crippen molar-refractivity contribution in [2.24, 2.45) is 0 Å². The molecule has 0 saturated carbocycles. The summed E-state index contributed by atoms with van der Waals surface area (Å²) in [6.07, 6.45) is 34.1. The first-order valence-corrected chi connectivity index (χ1v) is 21.0. The molecule has 9 nitrogen and oxygen atoms in total. The largest absolute Gasteiger partial charge is 0.477 e. The first-order valence-electron chi connectivity index (χ1n) is 21.0. The lowest BCUT2D eigenvalue weighted by molar-refractivity contribution is -0.870. The van der Waals surface area contributed by atoms with Gasteiger partial charge < -0.3 is 28.5 Å². The van der Waals surface area contributed by atoms with Gasteiger partial charge in [0, 0.05) is 12.8 Å². The fourth-order valence-corrected chi connectivity index (χ4v) is 5.63. The molecular weight excluding hydrogens is 658 g/mol. The maximum atomic E-state index is 12.7. The predicted molar refractivity (Wildman–Crippen MR) is 212 cm³/mol. The number of carboxylic acid groups (broad SMARTS) is 1. The highest BCUT2D eigenvalue weighted by Crippen LogP contribution is 2.14. The monoisotopic (exact) mass is 739 g/mol. The predicted octanol–water partition coefficient (Wildman–Crippen LogP) is 10.5. The van der Waals surface area contributed by atoms with Gasteiger partial charge in [-0.2, -0.15) is 0 Å². The zero-order chi connectivity index (χ0) is 38.5. The Morgan fingerprint density at radius 2 is 1.04 bits per heavy atom. The molecule has 0 spiro atoms. The summed E-state index contributed by atoms with van der Waals surface area (Å²) >= 11 is 0. The number of esters is 2. The first kappa shape index (κ1) is 49.8. The van der Waals surface area contributed by atoms with Gasteiger partial charge in [-0.1, -0.05) is 141 Å². The minimum Gasteiger partial charge on any atom is -0.477 e. The van der Waals surface area contributed by atoms with Gasteiger partial charge in [0.2, 0.25) is 0 Å². The molecule has 304 valence electrons. The maximum absolute atomic E-state index is 12.7. The smallest absolute Gasteiger partial charge is 0.361 e. The van der Waals surface area contributed by atoms with Crippen molar-refractivity contribution in [1.82, 2.24) is 0 Å². The van der Waals surface area contributed by atoms with Crippen LogP contribution in [0.2, 0.25) is 0 Å². The maximum Gasteiger partial charge on any atom is 0.361 e. The summed E-state index contributed by atoms with van der Waals surface area (Å²) < 4.78 is 22.6. The summed E-state index contributed by atoms with van der Waals surface area (Å²) in [4.78, 5) is 36.8. The lowest BCUT2D eigenvalue weighted by Crippen LogP contribution is -2.40. The third-order valence-electron chi connectivity index (χ3n) is 8.96. The quantitative estimate of drug-likeness (QED) is 0.0219. The van der Waals surface area contributed by atoms with E-state index in [9.17, 15) is 19.5 Å². The molecule has 0 aliphatic heterocycles. The lowest BCUT2D eigenvalue weighted by atomic mass is 10.1. The van der Waals surface area contributed by atoms with Gasteiger partial charge in [0.15, 0.2) is 6.10 Å². The van der Waals surface area contributed by atoms with E-state index in [0.29, 0.717) is 17.4 Å². The molecule has 2 unspecified atom stereocenters. The summed E-state index contributed by atoms with van der Waals surface area (Å²) in [6, 6.07) is 0. The van der Waals surface area contributed by atoms with Crippen LogP contribution in [-0.2, 0) is 33.3 Å². The van der Waals surface area contributed by atoms with Crippen LogP contribution >= 0.6 is 0 Å². The highest BCUT2D eigenvalue weighted by atomic mass is 16.7. The third-order valence-corrected chi connectivity index (χ3v) is 8.96. The number of allylic oxidation sites excluding steroid dienone is 4. The molecule has 52 heavy (non-hydrogen) atoms. The summed E-state index contributed by atoms with van der Waals surface area (Å²) in [6.45, 7) is 4.78. The Labute approximate surface area is 318 Å². The summed E-state index contributed by atoms with van der Waals surface area (Å²) in [7, 11) is 5.94. The number of carbonyl (C=O) groups is 3. The Balaban J connectivity index is 4.29. The van der Waals surface area contributed by atoms with Gasteiger partial charge >= 0.3 is 17.9 Å². The molecular formula is C43H80NO8+. The zero-order valence-electron chi connectivity index (χ0n) is 34.2. The van der Waals surface area contributed by atoms with Crippen molar-refractivity contribution in [2.75, 3.05) is 47.5 Å². The topological polar surface area (TPSA) is 108 Å². The minimum absolute atomic E-state index is 0.182. The zero-order valence-corrected chi connectivity index (χ0v) is 34.2. The van der Waals surface area contributed by atoms with Crippen LogP contribution < -0.4 is 0 Å². The highest BCUT2D eigenvalue weighted by molar-refractivity contribution is 5.71. The molecule has 0 amide bonds. The number of carboxylic acids is 1. The number of quaternary nitrogens is 1. The molecule has 0 aliphatic carbocycles. The van der Waals surface area contributed by atoms with Crippen molar-refractivity contribution >= 4 is 17.9 Å². The van der Waals surface area contributed by atoms with Gasteiger partial charge in [0.05, 0.1) is 34.4 Å².